The van der Waals surface area contributed by atoms with Gasteiger partial charge in [-0.15, -0.1) is 0 Å². The van der Waals surface area contributed by atoms with E-state index in [-0.39, 0.29) is 16.9 Å². The first-order valence-electron chi connectivity index (χ1n) is 8.43. The Kier molecular flexibility index (Phi) is 7.47. The fraction of sp³-hybridized carbons (Fsp3) is 0.150. The number of methoxy groups -OCH3 is 2. The Morgan fingerprint density at radius 2 is 1.90 bits per heavy atom. The molecule has 10 heteroatoms. The van der Waals surface area contributed by atoms with Crippen LogP contribution in [-0.2, 0) is 14.3 Å². The highest BCUT2D eigenvalue weighted by Gasteiger charge is 2.13. The van der Waals surface area contributed by atoms with Crippen molar-refractivity contribution in [2.75, 3.05) is 26.1 Å². The number of nitro benzene ring substituents is 1. The molecule has 2 aromatic rings. The van der Waals surface area contributed by atoms with Crippen LogP contribution in [0.25, 0.3) is 6.08 Å². The Morgan fingerprint density at radius 1 is 1.17 bits per heavy atom. The summed E-state index contributed by atoms with van der Waals surface area (Å²) in [5.41, 5.74) is 0.358. The third-order valence-electron chi connectivity index (χ3n) is 3.77. The maximum absolute atomic E-state index is 11.9. The van der Waals surface area contributed by atoms with Crippen LogP contribution in [0.4, 0.5) is 11.4 Å². The first-order valence-corrected chi connectivity index (χ1v) is 8.43. The van der Waals surface area contributed by atoms with Crippen LogP contribution >= 0.6 is 0 Å². The number of hydrogen-bond donors (Lipinski definition) is 1. The van der Waals surface area contributed by atoms with E-state index in [0.717, 1.165) is 18.2 Å². The number of carbonyl (C=O) groups excluding carboxylic acids is 2. The van der Waals surface area contributed by atoms with Gasteiger partial charge in [0.05, 0.1) is 30.4 Å². The van der Waals surface area contributed by atoms with Crippen LogP contribution < -0.4 is 14.8 Å². The maximum atomic E-state index is 11.9. The number of amides is 1. The van der Waals surface area contributed by atoms with Crippen LogP contribution in [0.1, 0.15) is 11.1 Å². The maximum Gasteiger partial charge on any atom is 0.331 e. The molecule has 0 aliphatic rings. The van der Waals surface area contributed by atoms with Crippen molar-refractivity contribution < 1.29 is 28.7 Å². The Bertz CT molecular complexity index is 1040. The molecule has 0 bridgehead atoms. The molecule has 0 saturated carbocycles. The number of ether oxygens (including phenoxy) is 3. The number of nitro groups is 1. The molecule has 0 atom stereocenters. The number of esters is 1. The second-order valence-corrected chi connectivity index (χ2v) is 5.70. The van der Waals surface area contributed by atoms with Crippen molar-refractivity contribution in [3.05, 3.63) is 63.7 Å². The van der Waals surface area contributed by atoms with Gasteiger partial charge in [-0.25, -0.2) is 4.79 Å². The summed E-state index contributed by atoms with van der Waals surface area (Å²) in [5.74, 6) is -0.432. The smallest absolute Gasteiger partial charge is 0.331 e. The minimum atomic E-state index is -0.760. The van der Waals surface area contributed by atoms with E-state index in [4.69, 9.17) is 19.5 Å². The summed E-state index contributed by atoms with van der Waals surface area (Å²) < 4.78 is 15.1. The van der Waals surface area contributed by atoms with Gasteiger partial charge in [-0.3, -0.25) is 14.9 Å². The number of nitriles is 1. The van der Waals surface area contributed by atoms with Crippen LogP contribution in [0.5, 0.6) is 11.5 Å². The topological polar surface area (TPSA) is 141 Å². The monoisotopic (exact) mass is 411 g/mol. The number of nitrogens with zero attached hydrogens (tertiary/aromatic N) is 2. The number of rotatable bonds is 8. The van der Waals surface area contributed by atoms with Gasteiger partial charge >= 0.3 is 5.97 Å². The number of anilines is 1. The molecule has 10 nitrogen and oxygen atoms in total. The second-order valence-electron chi connectivity index (χ2n) is 5.70. The van der Waals surface area contributed by atoms with E-state index in [9.17, 15) is 19.7 Å². The van der Waals surface area contributed by atoms with Gasteiger partial charge in [0.25, 0.3) is 11.6 Å². The van der Waals surface area contributed by atoms with Crippen LogP contribution in [-0.4, -0.2) is 37.6 Å². The molecule has 2 rings (SSSR count). The number of benzene rings is 2. The zero-order chi connectivity index (χ0) is 22.1. The van der Waals surface area contributed by atoms with E-state index < -0.39 is 23.4 Å². The molecule has 1 N–H and O–H groups in total. The average molecular weight is 411 g/mol. The molecule has 0 spiro atoms. The average Bonchev–Trinajstić information content (AvgIpc) is 2.75. The third-order valence-corrected chi connectivity index (χ3v) is 3.77. The number of nitrogens with one attached hydrogen (secondary N) is 1. The van der Waals surface area contributed by atoms with Crippen molar-refractivity contribution in [2.45, 2.75) is 0 Å². The molecule has 0 aliphatic carbocycles. The summed E-state index contributed by atoms with van der Waals surface area (Å²) in [5, 5.41) is 22.2. The molecule has 0 unspecified atom stereocenters. The number of hydrogen-bond acceptors (Lipinski definition) is 8. The zero-order valence-corrected chi connectivity index (χ0v) is 16.1. The van der Waals surface area contributed by atoms with Crippen molar-refractivity contribution in [3.63, 3.8) is 0 Å². The van der Waals surface area contributed by atoms with Gasteiger partial charge in [0.2, 0.25) is 0 Å². The van der Waals surface area contributed by atoms with Crippen molar-refractivity contribution in [2.24, 2.45) is 0 Å². The van der Waals surface area contributed by atoms with Crippen molar-refractivity contribution >= 4 is 29.3 Å². The van der Waals surface area contributed by atoms with E-state index in [1.54, 1.807) is 24.3 Å². The molecule has 0 heterocycles. The fourth-order valence-corrected chi connectivity index (χ4v) is 2.34. The van der Waals surface area contributed by atoms with Gasteiger partial charge in [-0.1, -0.05) is 6.07 Å². The van der Waals surface area contributed by atoms with Crippen molar-refractivity contribution in [3.8, 4) is 17.6 Å². The minimum absolute atomic E-state index is 0.0741. The van der Waals surface area contributed by atoms with Crippen LogP contribution in [0, 0.1) is 21.4 Å². The first kappa shape index (κ1) is 21.9. The van der Waals surface area contributed by atoms with Gasteiger partial charge in [0, 0.05) is 18.2 Å². The lowest BCUT2D eigenvalue weighted by atomic mass is 10.1. The molecule has 0 aliphatic heterocycles. The molecule has 0 saturated heterocycles. The minimum Gasteiger partial charge on any atom is -0.493 e. The highest BCUT2D eigenvalue weighted by Crippen LogP contribution is 2.28. The van der Waals surface area contributed by atoms with E-state index in [1.165, 1.54) is 26.4 Å². The highest BCUT2D eigenvalue weighted by molar-refractivity contribution is 5.95. The standard InChI is InChI=1S/C20H17N3O7/c1-28-17-7-3-13(9-18(17)29-2)4-8-20(25)30-12-19(24)22-16-6-5-15(23(26)27)10-14(16)11-21/h3-10H,12H2,1-2H3,(H,22,24). The molecule has 0 fully saturated rings. The molecular formula is C20H17N3O7. The van der Waals surface area contributed by atoms with Gasteiger partial charge in [-0.05, 0) is 29.8 Å². The summed E-state index contributed by atoms with van der Waals surface area (Å²) in [4.78, 5) is 33.9. The van der Waals surface area contributed by atoms with Gasteiger partial charge in [-0.2, -0.15) is 5.26 Å². The predicted octanol–water partition coefficient (Wildman–Crippen LogP) is 2.68. The summed E-state index contributed by atoms with van der Waals surface area (Å²) in [7, 11) is 2.99. The van der Waals surface area contributed by atoms with Crippen LogP contribution in [0.2, 0.25) is 0 Å². The lowest BCUT2D eigenvalue weighted by Crippen LogP contribution is -2.20. The summed E-state index contributed by atoms with van der Waals surface area (Å²) in [6, 6.07) is 10.2. The molecule has 1 amide bonds. The Balaban J connectivity index is 1.94. The van der Waals surface area contributed by atoms with E-state index in [1.807, 2.05) is 0 Å². The predicted molar refractivity (Wildman–Crippen MR) is 106 cm³/mol. The number of carbonyl (C=O) groups is 2. The van der Waals surface area contributed by atoms with Gasteiger partial charge in [0.1, 0.15) is 6.07 Å². The van der Waals surface area contributed by atoms with Crippen molar-refractivity contribution in [1.82, 2.24) is 0 Å². The molecule has 2 aromatic carbocycles. The largest absolute Gasteiger partial charge is 0.493 e. The Labute approximate surface area is 171 Å². The molecule has 0 aromatic heterocycles. The molecule has 30 heavy (non-hydrogen) atoms. The van der Waals surface area contributed by atoms with Crippen LogP contribution in [0.15, 0.2) is 42.5 Å². The fourth-order valence-electron chi connectivity index (χ4n) is 2.34. The Morgan fingerprint density at radius 3 is 2.53 bits per heavy atom. The van der Waals surface area contributed by atoms with E-state index in [2.05, 4.69) is 5.32 Å². The summed E-state index contributed by atoms with van der Waals surface area (Å²) in [6.07, 6.45) is 2.62. The quantitative estimate of drug-likeness (QED) is 0.302. The first-order chi connectivity index (χ1) is 14.4. The normalized spacial score (nSPS) is 10.2. The second kappa shape index (κ2) is 10.2. The molecule has 154 valence electrons. The van der Waals surface area contributed by atoms with Gasteiger partial charge in [0.15, 0.2) is 18.1 Å². The summed E-state index contributed by atoms with van der Waals surface area (Å²) >= 11 is 0. The van der Waals surface area contributed by atoms with Crippen LogP contribution in [0.3, 0.4) is 0 Å². The highest BCUT2D eigenvalue weighted by atomic mass is 16.6. The molecular weight excluding hydrogens is 394 g/mol. The summed E-state index contributed by atoms with van der Waals surface area (Å²) in [6.45, 7) is -0.600. The SMILES string of the molecule is COc1ccc(C=CC(=O)OCC(=O)Nc2ccc([N+](=O)[O-])cc2C#N)cc1OC. The van der Waals surface area contributed by atoms with E-state index >= 15 is 0 Å². The number of non-ortho nitro benzene ring substituents is 1. The molecule has 0 radical (unpaired) electrons. The zero-order valence-electron chi connectivity index (χ0n) is 16.1. The van der Waals surface area contributed by atoms with Gasteiger partial charge < -0.3 is 19.5 Å². The van der Waals surface area contributed by atoms with E-state index in [0.29, 0.717) is 17.1 Å². The Hall–Kier alpha value is -4.39. The third kappa shape index (κ3) is 5.80. The van der Waals surface area contributed by atoms with Crippen molar-refractivity contribution in [1.29, 1.82) is 5.26 Å². The lowest BCUT2D eigenvalue weighted by Gasteiger charge is -2.08. The lowest BCUT2D eigenvalue weighted by molar-refractivity contribution is -0.384.